The molecule has 0 saturated heterocycles. The molecule has 0 aliphatic rings. The number of carbonyl (C=O) groups is 1. The average Bonchev–Trinajstić information content (AvgIpc) is 2.65. The van der Waals surface area contributed by atoms with Gasteiger partial charge in [0.15, 0.2) is 10.9 Å². The summed E-state index contributed by atoms with van der Waals surface area (Å²) in [6, 6.07) is 5.46. The fourth-order valence-electron chi connectivity index (χ4n) is 2.65. The van der Waals surface area contributed by atoms with Crippen LogP contribution in [0.3, 0.4) is 0 Å². The van der Waals surface area contributed by atoms with Crippen molar-refractivity contribution in [3.63, 3.8) is 0 Å². The van der Waals surface area contributed by atoms with Gasteiger partial charge in [0.1, 0.15) is 5.65 Å². The number of aliphatic carboxylic acids is 1. The summed E-state index contributed by atoms with van der Waals surface area (Å²) in [4.78, 5) is 42.8. The number of hydrogen-bond donors (Lipinski definition) is 1. The SMILES string of the molecule is CSc1ncc2cc(Oc3cccc(CC(=O)O)c3[N+](=O)[O-])c(=O)n(C)c2n1. The van der Waals surface area contributed by atoms with Crippen molar-refractivity contribution in [2.24, 2.45) is 7.05 Å². The van der Waals surface area contributed by atoms with E-state index in [1.807, 2.05) is 0 Å². The Morgan fingerprint density at radius 1 is 1.39 bits per heavy atom. The molecule has 0 unspecified atom stereocenters. The van der Waals surface area contributed by atoms with E-state index in [-0.39, 0.29) is 17.1 Å². The maximum atomic E-state index is 12.6. The summed E-state index contributed by atoms with van der Waals surface area (Å²) in [5, 5.41) is 21.4. The minimum Gasteiger partial charge on any atom is -0.481 e. The van der Waals surface area contributed by atoms with Crippen molar-refractivity contribution in [3.8, 4) is 11.5 Å². The lowest BCUT2D eigenvalue weighted by Crippen LogP contribution is -2.19. The molecule has 2 heterocycles. The maximum Gasteiger partial charge on any atom is 0.315 e. The second-order valence-electron chi connectivity index (χ2n) is 5.70. The van der Waals surface area contributed by atoms with Gasteiger partial charge in [0.05, 0.1) is 11.3 Å². The van der Waals surface area contributed by atoms with Crippen molar-refractivity contribution in [1.29, 1.82) is 0 Å². The van der Waals surface area contributed by atoms with Crippen molar-refractivity contribution < 1.29 is 19.6 Å². The Hall–Kier alpha value is -3.47. The molecule has 11 heteroatoms. The van der Waals surface area contributed by atoms with E-state index in [1.54, 1.807) is 6.26 Å². The molecule has 0 radical (unpaired) electrons. The molecule has 28 heavy (non-hydrogen) atoms. The fraction of sp³-hybridized carbons (Fsp3) is 0.176. The summed E-state index contributed by atoms with van der Waals surface area (Å²) >= 11 is 1.32. The van der Waals surface area contributed by atoms with Crippen LogP contribution in [-0.2, 0) is 18.3 Å². The Kier molecular flexibility index (Phi) is 5.27. The number of hydrogen-bond acceptors (Lipinski definition) is 8. The number of nitrogens with zero attached hydrogens (tertiary/aromatic N) is 4. The lowest BCUT2D eigenvalue weighted by Gasteiger charge is -2.11. The first-order valence-electron chi connectivity index (χ1n) is 7.88. The minimum absolute atomic E-state index is 0.0273. The average molecular weight is 402 g/mol. The molecule has 0 atom stereocenters. The number of thioether (sulfide) groups is 1. The predicted octanol–water partition coefficient (Wildman–Crippen LogP) is 2.38. The number of nitro benzene ring substituents is 1. The largest absolute Gasteiger partial charge is 0.481 e. The van der Waals surface area contributed by atoms with Crippen molar-refractivity contribution >= 4 is 34.5 Å². The number of carboxylic acids is 1. The number of rotatable bonds is 6. The standard InChI is InChI=1S/C17H14N4O6S/c1-20-15-10(8-18-17(19-15)28-2)6-12(16(20)24)27-11-5-3-4-9(7-13(22)23)14(11)21(25)26/h3-6,8H,7H2,1-2H3,(H,22,23). The van der Waals surface area contributed by atoms with Crippen molar-refractivity contribution in [1.82, 2.24) is 14.5 Å². The molecule has 0 saturated carbocycles. The van der Waals surface area contributed by atoms with Gasteiger partial charge >= 0.3 is 11.7 Å². The highest BCUT2D eigenvalue weighted by molar-refractivity contribution is 7.98. The van der Waals surface area contributed by atoms with Gasteiger partial charge in [0.2, 0.25) is 5.75 Å². The van der Waals surface area contributed by atoms with E-state index in [1.165, 1.54) is 53.8 Å². The van der Waals surface area contributed by atoms with Gasteiger partial charge in [-0.05, 0) is 18.4 Å². The molecule has 0 aliphatic carbocycles. The topological polar surface area (TPSA) is 137 Å². The summed E-state index contributed by atoms with van der Waals surface area (Å²) in [6.45, 7) is 0. The second kappa shape index (κ2) is 7.64. The van der Waals surface area contributed by atoms with Gasteiger partial charge in [-0.1, -0.05) is 23.9 Å². The van der Waals surface area contributed by atoms with E-state index in [2.05, 4.69) is 9.97 Å². The van der Waals surface area contributed by atoms with E-state index in [0.29, 0.717) is 16.2 Å². The number of nitro groups is 1. The molecule has 3 rings (SSSR count). The minimum atomic E-state index is -1.22. The van der Waals surface area contributed by atoms with Crippen LogP contribution >= 0.6 is 11.8 Å². The molecule has 0 spiro atoms. The van der Waals surface area contributed by atoms with Gasteiger partial charge in [-0.2, -0.15) is 0 Å². The normalized spacial score (nSPS) is 10.8. The van der Waals surface area contributed by atoms with Crippen LogP contribution in [0.15, 0.2) is 40.4 Å². The highest BCUT2D eigenvalue weighted by atomic mass is 32.2. The number of pyridine rings is 1. The molecule has 144 valence electrons. The van der Waals surface area contributed by atoms with Crippen LogP contribution in [-0.4, -0.2) is 36.8 Å². The van der Waals surface area contributed by atoms with E-state index < -0.39 is 28.6 Å². The van der Waals surface area contributed by atoms with E-state index in [4.69, 9.17) is 9.84 Å². The van der Waals surface area contributed by atoms with Gasteiger partial charge < -0.3 is 9.84 Å². The van der Waals surface area contributed by atoms with Crippen LogP contribution in [0.5, 0.6) is 11.5 Å². The fourth-order valence-corrected chi connectivity index (χ4v) is 2.99. The van der Waals surface area contributed by atoms with Crippen molar-refractivity contribution in [3.05, 3.63) is 56.5 Å². The van der Waals surface area contributed by atoms with Gasteiger partial charge in [-0.15, -0.1) is 0 Å². The molecule has 0 amide bonds. The third-order valence-electron chi connectivity index (χ3n) is 3.90. The third-order valence-corrected chi connectivity index (χ3v) is 4.46. The number of benzene rings is 1. The Morgan fingerprint density at radius 3 is 2.79 bits per heavy atom. The van der Waals surface area contributed by atoms with Crippen LogP contribution in [0.2, 0.25) is 0 Å². The zero-order chi connectivity index (χ0) is 20.4. The lowest BCUT2D eigenvalue weighted by atomic mass is 10.1. The molecule has 0 fully saturated rings. The van der Waals surface area contributed by atoms with Crippen LogP contribution in [0.25, 0.3) is 11.0 Å². The quantitative estimate of drug-likeness (QED) is 0.285. The molecular weight excluding hydrogens is 388 g/mol. The number of carboxylic acid groups (broad SMARTS) is 1. The molecular formula is C17H14N4O6S. The highest BCUT2D eigenvalue weighted by Crippen LogP contribution is 2.34. The number of aryl methyl sites for hydroxylation is 1. The van der Waals surface area contributed by atoms with Crippen LogP contribution in [0.1, 0.15) is 5.56 Å². The van der Waals surface area contributed by atoms with Crippen molar-refractivity contribution in [2.75, 3.05) is 6.26 Å². The van der Waals surface area contributed by atoms with Crippen LogP contribution in [0, 0.1) is 10.1 Å². The zero-order valence-corrected chi connectivity index (χ0v) is 15.6. The number of fused-ring (bicyclic) bond motifs is 1. The van der Waals surface area contributed by atoms with Gasteiger partial charge in [-0.3, -0.25) is 24.3 Å². The molecule has 10 nitrogen and oxygen atoms in total. The summed E-state index contributed by atoms with van der Waals surface area (Å²) in [7, 11) is 1.50. The van der Waals surface area contributed by atoms with E-state index >= 15 is 0 Å². The van der Waals surface area contributed by atoms with Crippen LogP contribution in [0.4, 0.5) is 5.69 Å². The highest BCUT2D eigenvalue weighted by Gasteiger charge is 2.24. The summed E-state index contributed by atoms with van der Waals surface area (Å²) in [6.07, 6.45) is 2.78. The Balaban J connectivity index is 2.13. The maximum absolute atomic E-state index is 12.6. The zero-order valence-electron chi connectivity index (χ0n) is 14.8. The number of para-hydroxylation sites is 1. The molecule has 2 aromatic heterocycles. The first kappa shape index (κ1) is 19.3. The van der Waals surface area contributed by atoms with Crippen LogP contribution < -0.4 is 10.3 Å². The summed E-state index contributed by atoms with van der Waals surface area (Å²) < 4.78 is 6.80. The third kappa shape index (κ3) is 3.64. The van der Waals surface area contributed by atoms with Gasteiger partial charge in [-0.25, -0.2) is 9.97 Å². The van der Waals surface area contributed by atoms with Crippen molar-refractivity contribution in [2.45, 2.75) is 11.6 Å². The molecule has 0 bridgehead atoms. The first-order chi connectivity index (χ1) is 13.3. The van der Waals surface area contributed by atoms with Gasteiger partial charge in [0.25, 0.3) is 5.56 Å². The monoisotopic (exact) mass is 402 g/mol. The number of aromatic nitrogens is 3. The molecule has 1 N–H and O–H groups in total. The smallest absolute Gasteiger partial charge is 0.315 e. The molecule has 0 aliphatic heterocycles. The Bertz CT molecular complexity index is 1160. The Labute approximate surface area is 162 Å². The Morgan fingerprint density at radius 2 is 2.14 bits per heavy atom. The second-order valence-corrected chi connectivity index (χ2v) is 6.48. The van der Waals surface area contributed by atoms with E-state index in [9.17, 15) is 19.7 Å². The molecule has 1 aromatic carbocycles. The van der Waals surface area contributed by atoms with E-state index in [0.717, 1.165) is 0 Å². The first-order valence-corrected chi connectivity index (χ1v) is 9.11. The number of ether oxygens (including phenoxy) is 1. The van der Waals surface area contributed by atoms with Gasteiger partial charge in [0, 0.05) is 24.2 Å². The molecule has 3 aromatic rings. The lowest BCUT2D eigenvalue weighted by molar-refractivity contribution is -0.386. The predicted molar refractivity (Wildman–Crippen MR) is 101 cm³/mol. The summed E-state index contributed by atoms with van der Waals surface area (Å²) in [5.74, 6) is -1.60. The summed E-state index contributed by atoms with van der Waals surface area (Å²) in [5.41, 5.74) is -0.677.